The molecule has 158 valence electrons. The van der Waals surface area contributed by atoms with Crippen molar-refractivity contribution in [3.8, 4) is 22.6 Å². The van der Waals surface area contributed by atoms with Crippen molar-refractivity contribution >= 4 is 0 Å². The second-order valence-corrected chi connectivity index (χ2v) is 8.17. The number of hydrogen-bond donors (Lipinski definition) is 0. The molecule has 3 heteroatoms. The average molecular weight is 402 g/mol. The Hall–Kier alpha value is -2.55. The third kappa shape index (κ3) is 6.76. The Balaban J connectivity index is 1.51. The highest BCUT2D eigenvalue weighted by atomic mass is 14.9. The van der Waals surface area contributed by atoms with Gasteiger partial charge in [0.25, 0.3) is 0 Å². The largest absolute Gasteiger partial charge is 0.256 e. The highest BCUT2D eigenvalue weighted by molar-refractivity contribution is 5.65. The van der Waals surface area contributed by atoms with Crippen LogP contribution in [-0.2, 0) is 12.8 Å². The number of hydrogen-bond acceptors (Lipinski definition) is 3. The number of pyridine rings is 1. The van der Waals surface area contributed by atoms with Crippen molar-refractivity contribution in [1.29, 1.82) is 0 Å². The van der Waals surface area contributed by atoms with Crippen molar-refractivity contribution in [3.05, 3.63) is 66.1 Å². The molecule has 1 aromatic carbocycles. The van der Waals surface area contributed by atoms with Crippen LogP contribution in [0.4, 0.5) is 0 Å². The molecule has 30 heavy (non-hydrogen) atoms. The summed E-state index contributed by atoms with van der Waals surface area (Å²) in [6.07, 6.45) is 18.6. The van der Waals surface area contributed by atoms with Crippen molar-refractivity contribution < 1.29 is 0 Å². The third-order valence-electron chi connectivity index (χ3n) is 5.58. The van der Waals surface area contributed by atoms with Crippen LogP contribution in [0.15, 0.2) is 55.0 Å². The SMILES string of the molecule is CCCCCCCCCc1cnc(-c2ccc(-c3ccc(CCC)cn3)cc2)nc1. The van der Waals surface area contributed by atoms with Crippen LogP contribution < -0.4 is 0 Å². The molecule has 2 heterocycles. The molecule has 2 aromatic heterocycles. The molecule has 0 saturated heterocycles. The minimum atomic E-state index is 0.788. The standard InChI is InChI=1S/C27H35N3/c1-3-5-6-7-8-9-10-12-23-20-29-27(30-21-23)25-16-14-24(15-17-25)26-18-13-22(11-4-2)19-28-26/h13-21H,3-12H2,1-2H3. The highest BCUT2D eigenvalue weighted by Crippen LogP contribution is 2.22. The maximum Gasteiger partial charge on any atom is 0.159 e. The summed E-state index contributed by atoms with van der Waals surface area (Å²) in [5.41, 5.74) is 5.71. The van der Waals surface area contributed by atoms with Gasteiger partial charge in [0, 0.05) is 29.7 Å². The predicted octanol–water partition coefficient (Wildman–Crippen LogP) is 7.45. The van der Waals surface area contributed by atoms with Gasteiger partial charge in [-0.1, -0.05) is 89.1 Å². The van der Waals surface area contributed by atoms with Crippen LogP contribution in [-0.4, -0.2) is 15.0 Å². The molecule has 0 radical (unpaired) electrons. The van der Waals surface area contributed by atoms with E-state index in [0.717, 1.165) is 41.9 Å². The van der Waals surface area contributed by atoms with Crippen LogP contribution in [0.1, 0.15) is 76.3 Å². The van der Waals surface area contributed by atoms with Crippen LogP contribution in [0, 0.1) is 0 Å². The fraction of sp³-hybridized carbons (Fsp3) is 0.444. The molecule has 3 rings (SSSR count). The van der Waals surface area contributed by atoms with E-state index in [2.05, 4.69) is 65.2 Å². The van der Waals surface area contributed by atoms with E-state index in [4.69, 9.17) is 0 Å². The zero-order valence-electron chi connectivity index (χ0n) is 18.6. The number of nitrogens with zero attached hydrogens (tertiary/aromatic N) is 3. The molecule has 0 spiro atoms. The zero-order chi connectivity index (χ0) is 21.0. The molecule has 0 aliphatic heterocycles. The molecule has 0 aliphatic carbocycles. The molecule has 0 unspecified atom stereocenters. The maximum atomic E-state index is 4.61. The number of aryl methyl sites for hydroxylation is 2. The molecular weight excluding hydrogens is 366 g/mol. The molecule has 0 fully saturated rings. The van der Waals surface area contributed by atoms with Gasteiger partial charge in [0.1, 0.15) is 0 Å². The summed E-state index contributed by atoms with van der Waals surface area (Å²) in [6, 6.07) is 12.7. The van der Waals surface area contributed by atoms with E-state index < -0.39 is 0 Å². The van der Waals surface area contributed by atoms with Gasteiger partial charge in [-0.05, 0) is 36.5 Å². The quantitative estimate of drug-likeness (QED) is 0.296. The summed E-state index contributed by atoms with van der Waals surface area (Å²) in [7, 11) is 0. The first-order valence-corrected chi connectivity index (χ1v) is 11.7. The summed E-state index contributed by atoms with van der Waals surface area (Å²) >= 11 is 0. The van der Waals surface area contributed by atoms with Gasteiger partial charge >= 0.3 is 0 Å². The lowest BCUT2D eigenvalue weighted by atomic mass is 10.1. The lowest BCUT2D eigenvalue weighted by Crippen LogP contribution is -1.94. The molecule has 0 amide bonds. The van der Waals surface area contributed by atoms with Crippen molar-refractivity contribution in [1.82, 2.24) is 15.0 Å². The van der Waals surface area contributed by atoms with Gasteiger partial charge in [0.2, 0.25) is 0 Å². The molecule has 3 aromatic rings. The molecular formula is C27H35N3. The summed E-state index contributed by atoms with van der Waals surface area (Å²) in [5.74, 6) is 0.788. The minimum Gasteiger partial charge on any atom is -0.256 e. The van der Waals surface area contributed by atoms with Gasteiger partial charge in [-0.2, -0.15) is 0 Å². The van der Waals surface area contributed by atoms with E-state index in [1.54, 1.807) is 0 Å². The van der Waals surface area contributed by atoms with Gasteiger partial charge < -0.3 is 0 Å². The number of aromatic nitrogens is 3. The molecule has 3 nitrogen and oxygen atoms in total. The van der Waals surface area contributed by atoms with Crippen molar-refractivity contribution in [2.75, 3.05) is 0 Å². The van der Waals surface area contributed by atoms with E-state index in [1.807, 2.05) is 18.6 Å². The molecule has 0 atom stereocenters. The van der Waals surface area contributed by atoms with E-state index in [-0.39, 0.29) is 0 Å². The fourth-order valence-corrected chi connectivity index (χ4v) is 3.74. The lowest BCUT2D eigenvalue weighted by Gasteiger charge is -2.06. The number of benzene rings is 1. The Kier molecular flexibility index (Phi) is 9.02. The topological polar surface area (TPSA) is 38.7 Å². The van der Waals surface area contributed by atoms with Crippen LogP contribution in [0.2, 0.25) is 0 Å². The highest BCUT2D eigenvalue weighted by Gasteiger charge is 2.05. The van der Waals surface area contributed by atoms with Gasteiger partial charge in [0.05, 0.1) is 5.69 Å². The summed E-state index contributed by atoms with van der Waals surface area (Å²) < 4.78 is 0. The molecule has 0 saturated carbocycles. The van der Waals surface area contributed by atoms with Crippen molar-refractivity contribution in [2.45, 2.75) is 78.1 Å². The monoisotopic (exact) mass is 401 g/mol. The first-order valence-electron chi connectivity index (χ1n) is 11.7. The Morgan fingerprint density at radius 3 is 1.80 bits per heavy atom. The van der Waals surface area contributed by atoms with Crippen LogP contribution >= 0.6 is 0 Å². The van der Waals surface area contributed by atoms with E-state index in [1.165, 1.54) is 56.1 Å². The summed E-state index contributed by atoms with van der Waals surface area (Å²) in [5, 5.41) is 0. The molecule has 0 N–H and O–H groups in total. The molecule has 0 aliphatic rings. The average Bonchev–Trinajstić information content (AvgIpc) is 2.80. The van der Waals surface area contributed by atoms with Gasteiger partial charge in [-0.25, -0.2) is 9.97 Å². The number of unbranched alkanes of at least 4 members (excludes halogenated alkanes) is 6. The fourth-order valence-electron chi connectivity index (χ4n) is 3.74. The molecule has 0 bridgehead atoms. The van der Waals surface area contributed by atoms with E-state index >= 15 is 0 Å². The van der Waals surface area contributed by atoms with Gasteiger partial charge in [0.15, 0.2) is 5.82 Å². The van der Waals surface area contributed by atoms with Gasteiger partial charge in [-0.15, -0.1) is 0 Å². The zero-order valence-corrected chi connectivity index (χ0v) is 18.6. The first-order chi connectivity index (χ1) is 14.8. The lowest BCUT2D eigenvalue weighted by molar-refractivity contribution is 0.589. The Bertz CT molecular complexity index is 852. The first kappa shape index (κ1) is 22.1. The maximum absolute atomic E-state index is 4.61. The van der Waals surface area contributed by atoms with Crippen LogP contribution in [0.5, 0.6) is 0 Å². The second-order valence-electron chi connectivity index (χ2n) is 8.17. The van der Waals surface area contributed by atoms with Crippen molar-refractivity contribution in [3.63, 3.8) is 0 Å². The minimum absolute atomic E-state index is 0.788. The van der Waals surface area contributed by atoms with E-state index in [0.29, 0.717) is 0 Å². The van der Waals surface area contributed by atoms with Crippen molar-refractivity contribution in [2.24, 2.45) is 0 Å². The third-order valence-corrected chi connectivity index (χ3v) is 5.58. The smallest absolute Gasteiger partial charge is 0.159 e. The Morgan fingerprint density at radius 2 is 1.17 bits per heavy atom. The second kappa shape index (κ2) is 12.2. The Labute approximate surface area is 182 Å². The summed E-state index contributed by atoms with van der Waals surface area (Å²) in [4.78, 5) is 13.8. The normalized spacial score (nSPS) is 11.0. The van der Waals surface area contributed by atoms with E-state index in [9.17, 15) is 0 Å². The Morgan fingerprint density at radius 1 is 0.533 bits per heavy atom. The van der Waals surface area contributed by atoms with Crippen LogP contribution in [0.3, 0.4) is 0 Å². The van der Waals surface area contributed by atoms with Gasteiger partial charge in [-0.3, -0.25) is 4.98 Å². The predicted molar refractivity (Wildman–Crippen MR) is 126 cm³/mol. The number of rotatable bonds is 12. The summed E-state index contributed by atoms with van der Waals surface area (Å²) in [6.45, 7) is 4.46. The van der Waals surface area contributed by atoms with Crippen LogP contribution in [0.25, 0.3) is 22.6 Å².